The van der Waals surface area contributed by atoms with Crippen molar-refractivity contribution in [2.24, 2.45) is 0 Å². The summed E-state index contributed by atoms with van der Waals surface area (Å²) in [6.45, 7) is 0. The number of nitrogens with one attached hydrogen (secondary N) is 1. The Morgan fingerprint density at radius 3 is 2.58 bits per heavy atom. The van der Waals surface area contributed by atoms with E-state index in [1.165, 1.54) is 18.5 Å². The van der Waals surface area contributed by atoms with E-state index in [4.69, 9.17) is 5.11 Å². The Morgan fingerprint density at radius 1 is 1.16 bits per heavy atom. The van der Waals surface area contributed by atoms with Crippen LogP contribution in [-0.4, -0.2) is 21.8 Å². The minimum absolute atomic E-state index is 0.321. The number of anilines is 2. The third-order valence-corrected chi connectivity index (χ3v) is 2.49. The number of aromatic nitrogens is 1. The van der Waals surface area contributed by atoms with Crippen LogP contribution in [0.1, 0.15) is 16.8 Å². The molecule has 0 saturated heterocycles. The van der Waals surface area contributed by atoms with Gasteiger partial charge in [-0.25, -0.2) is 0 Å². The van der Waals surface area contributed by atoms with Crippen LogP contribution in [0.2, 0.25) is 0 Å². The van der Waals surface area contributed by atoms with Crippen LogP contribution >= 0.6 is 0 Å². The molecule has 2 N–H and O–H groups in total. The number of nitrogens with zero attached hydrogens (tertiary/aromatic N) is 1. The molecule has 0 atom stereocenters. The number of para-hydroxylation sites is 1. The molecule has 0 saturated carbocycles. The fraction of sp³-hybridized carbons (Fsp3) is 0.0714. The molecule has 0 aliphatic carbocycles. The Labute approximate surface area is 109 Å². The molecule has 5 nitrogen and oxygen atoms in total. The van der Waals surface area contributed by atoms with Crippen molar-refractivity contribution in [3.05, 3.63) is 54.4 Å². The maximum Gasteiger partial charge on any atom is 0.311 e. The Hall–Kier alpha value is -2.69. The number of ketones is 1. The number of hydrogen-bond donors (Lipinski definition) is 2. The van der Waals surface area contributed by atoms with Gasteiger partial charge in [0.2, 0.25) is 0 Å². The fourth-order valence-corrected chi connectivity index (χ4v) is 1.65. The Balaban J connectivity index is 2.26. The van der Waals surface area contributed by atoms with Crippen LogP contribution in [0.3, 0.4) is 0 Å². The highest BCUT2D eigenvalue weighted by Crippen LogP contribution is 2.20. The van der Waals surface area contributed by atoms with E-state index in [0.717, 1.165) is 5.69 Å². The van der Waals surface area contributed by atoms with E-state index in [-0.39, 0.29) is 0 Å². The van der Waals surface area contributed by atoms with Gasteiger partial charge in [0.1, 0.15) is 6.42 Å². The van der Waals surface area contributed by atoms with Gasteiger partial charge in [0.05, 0.1) is 11.9 Å². The molecule has 19 heavy (non-hydrogen) atoms. The molecular weight excluding hydrogens is 244 g/mol. The van der Waals surface area contributed by atoms with Crippen molar-refractivity contribution in [3.8, 4) is 0 Å². The minimum Gasteiger partial charge on any atom is -0.481 e. The van der Waals surface area contributed by atoms with Crippen molar-refractivity contribution in [1.82, 2.24) is 4.98 Å². The van der Waals surface area contributed by atoms with Gasteiger partial charge < -0.3 is 10.4 Å². The van der Waals surface area contributed by atoms with E-state index in [9.17, 15) is 9.59 Å². The molecule has 5 heteroatoms. The summed E-state index contributed by atoms with van der Waals surface area (Å²) in [6, 6.07) is 10.8. The van der Waals surface area contributed by atoms with Crippen LogP contribution in [0.15, 0.2) is 48.8 Å². The van der Waals surface area contributed by atoms with Crippen molar-refractivity contribution < 1.29 is 14.7 Å². The molecule has 0 bridgehead atoms. The molecule has 2 aromatic rings. The quantitative estimate of drug-likeness (QED) is 0.634. The Kier molecular flexibility index (Phi) is 3.87. The standard InChI is InChI=1S/C14H12N2O3/c17-13(8-14(18)19)11-6-7-15-9-12(11)16-10-4-2-1-3-5-10/h1-7,9,16H,8H2,(H,18,19). The van der Waals surface area contributed by atoms with E-state index in [2.05, 4.69) is 10.3 Å². The molecule has 0 radical (unpaired) electrons. The zero-order valence-electron chi connectivity index (χ0n) is 10.0. The average molecular weight is 256 g/mol. The zero-order chi connectivity index (χ0) is 13.7. The van der Waals surface area contributed by atoms with Crippen LogP contribution in [0.25, 0.3) is 0 Å². The second kappa shape index (κ2) is 5.77. The lowest BCUT2D eigenvalue weighted by atomic mass is 10.1. The summed E-state index contributed by atoms with van der Waals surface area (Å²) in [4.78, 5) is 26.4. The number of pyridine rings is 1. The van der Waals surface area contributed by atoms with Gasteiger partial charge in [-0.05, 0) is 18.2 Å². The third kappa shape index (κ3) is 3.38. The molecule has 0 aliphatic heterocycles. The first kappa shape index (κ1) is 12.8. The predicted molar refractivity (Wildman–Crippen MR) is 70.5 cm³/mol. The van der Waals surface area contributed by atoms with Crippen molar-refractivity contribution >= 4 is 23.1 Å². The van der Waals surface area contributed by atoms with Crippen LogP contribution in [0.5, 0.6) is 0 Å². The number of aliphatic carboxylic acids is 1. The van der Waals surface area contributed by atoms with E-state index in [1.807, 2.05) is 30.3 Å². The number of Topliss-reactive ketones (excluding diaryl/α,β-unsaturated/α-hetero) is 1. The number of carbonyl (C=O) groups excluding carboxylic acids is 1. The second-order valence-electron chi connectivity index (χ2n) is 3.91. The summed E-state index contributed by atoms with van der Waals surface area (Å²) < 4.78 is 0. The molecule has 1 aromatic carbocycles. The first-order chi connectivity index (χ1) is 9.16. The number of rotatable bonds is 5. The lowest BCUT2D eigenvalue weighted by Crippen LogP contribution is -2.09. The highest BCUT2D eigenvalue weighted by atomic mass is 16.4. The average Bonchev–Trinajstić information content (AvgIpc) is 2.39. The smallest absolute Gasteiger partial charge is 0.311 e. The lowest BCUT2D eigenvalue weighted by Gasteiger charge is -2.09. The molecule has 2 rings (SSSR count). The van der Waals surface area contributed by atoms with E-state index < -0.39 is 18.2 Å². The molecule has 0 spiro atoms. The summed E-state index contributed by atoms with van der Waals surface area (Å²) in [5.41, 5.74) is 1.63. The molecule has 0 fully saturated rings. The molecule has 0 unspecified atom stereocenters. The van der Waals surface area contributed by atoms with Crippen LogP contribution in [-0.2, 0) is 4.79 Å². The largest absolute Gasteiger partial charge is 0.481 e. The van der Waals surface area contributed by atoms with Gasteiger partial charge in [-0.3, -0.25) is 14.6 Å². The molecule has 1 aromatic heterocycles. The maximum atomic E-state index is 11.8. The van der Waals surface area contributed by atoms with Crippen LogP contribution < -0.4 is 5.32 Å². The summed E-state index contributed by atoms with van der Waals surface area (Å²) in [5.74, 6) is -1.60. The Bertz CT molecular complexity index is 597. The van der Waals surface area contributed by atoms with Gasteiger partial charge >= 0.3 is 5.97 Å². The van der Waals surface area contributed by atoms with Crippen molar-refractivity contribution in [2.45, 2.75) is 6.42 Å². The number of benzene rings is 1. The topological polar surface area (TPSA) is 79.3 Å². The van der Waals surface area contributed by atoms with E-state index in [1.54, 1.807) is 0 Å². The number of hydrogen-bond acceptors (Lipinski definition) is 4. The number of carboxylic acids is 1. The molecule has 0 aliphatic rings. The summed E-state index contributed by atoms with van der Waals surface area (Å²) in [6.07, 6.45) is 2.43. The highest BCUT2D eigenvalue weighted by molar-refractivity contribution is 6.08. The molecule has 1 heterocycles. The monoisotopic (exact) mass is 256 g/mol. The van der Waals surface area contributed by atoms with Crippen LogP contribution in [0.4, 0.5) is 11.4 Å². The SMILES string of the molecule is O=C(O)CC(=O)c1ccncc1Nc1ccccc1. The Morgan fingerprint density at radius 2 is 1.89 bits per heavy atom. The van der Waals surface area contributed by atoms with Gasteiger partial charge in [0.25, 0.3) is 0 Å². The third-order valence-electron chi connectivity index (χ3n) is 2.49. The molecule has 96 valence electrons. The van der Waals surface area contributed by atoms with Gasteiger partial charge in [-0.1, -0.05) is 18.2 Å². The summed E-state index contributed by atoms with van der Waals surface area (Å²) in [7, 11) is 0. The summed E-state index contributed by atoms with van der Waals surface area (Å²) >= 11 is 0. The van der Waals surface area contributed by atoms with Gasteiger partial charge in [-0.15, -0.1) is 0 Å². The van der Waals surface area contributed by atoms with Crippen molar-refractivity contribution in [3.63, 3.8) is 0 Å². The van der Waals surface area contributed by atoms with E-state index >= 15 is 0 Å². The molecule has 0 amide bonds. The van der Waals surface area contributed by atoms with Gasteiger partial charge in [-0.2, -0.15) is 0 Å². The maximum absolute atomic E-state index is 11.8. The van der Waals surface area contributed by atoms with Crippen LogP contribution in [0, 0.1) is 0 Å². The minimum atomic E-state index is -1.15. The normalized spacial score (nSPS) is 9.89. The lowest BCUT2D eigenvalue weighted by molar-refractivity contribution is -0.135. The second-order valence-corrected chi connectivity index (χ2v) is 3.91. The zero-order valence-corrected chi connectivity index (χ0v) is 10.0. The van der Waals surface area contributed by atoms with Crippen molar-refractivity contribution in [2.75, 3.05) is 5.32 Å². The first-order valence-electron chi connectivity index (χ1n) is 5.68. The first-order valence-corrected chi connectivity index (χ1v) is 5.68. The van der Waals surface area contributed by atoms with Crippen molar-refractivity contribution in [1.29, 1.82) is 0 Å². The number of carboxylic acid groups (broad SMARTS) is 1. The molecular formula is C14H12N2O3. The highest BCUT2D eigenvalue weighted by Gasteiger charge is 2.14. The van der Waals surface area contributed by atoms with Gasteiger partial charge in [0, 0.05) is 17.4 Å². The summed E-state index contributed by atoms with van der Waals surface area (Å²) in [5, 5.41) is 11.7. The number of carbonyl (C=O) groups is 2. The fourth-order valence-electron chi connectivity index (χ4n) is 1.65. The predicted octanol–water partition coefficient (Wildman–Crippen LogP) is 2.48. The van der Waals surface area contributed by atoms with E-state index in [0.29, 0.717) is 11.3 Å². The van der Waals surface area contributed by atoms with Gasteiger partial charge in [0.15, 0.2) is 5.78 Å².